The highest BCUT2D eigenvalue weighted by molar-refractivity contribution is 7.14. The molecule has 2 N–H and O–H groups in total. The summed E-state index contributed by atoms with van der Waals surface area (Å²) < 4.78 is 5.55. The minimum atomic E-state index is -0.593. The minimum absolute atomic E-state index is 0.00304. The number of aryl methyl sites for hydroxylation is 1. The van der Waals surface area contributed by atoms with Crippen molar-refractivity contribution < 1.29 is 14.3 Å². The van der Waals surface area contributed by atoms with E-state index in [1.807, 2.05) is 35.7 Å². The van der Waals surface area contributed by atoms with Crippen LogP contribution in [0.1, 0.15) is 37.3 Å². The number of nitrogens with one attached hydrogen (secondary N) is 2. The summed E-state index contributed by atoms with van der Waals surface area (Å²) in [4.78, 5) is 29.1. The van der Waals surface area contributed by atoms with Gasteiger partial charge in [-0.25, -0.2) is 4.98 Å². The molecular weight excluding hydrogens is 434 g/mol. The number of rotatable bonds is 8. The van der Waals surface area contributed by atoms with Gasteiger partial charge in [-0.2, -0.15) is 0 Å². The highest BCUT2D eigenvalue weighted by Crippen LogP contribution is 2.36. The van der Waals surface area contributed by atoms with E-state index in [2.05, 4.69) is 39.9 Å². The molecule has 1 saturated heterocycles. The number of hydrogen-bond donors (Lipinski definition) is 2. The zero-order valence-corrected chi connectivity index (χ0v) is 19.6. The van der Waals surface area contributed by atoms with E-state index >= 15 is 0 Å². The van der Waals surface area contributed by atoms with Crippen molar-refractivity contribution in [3.63, 3.8) is 0 Å². The third-order valence-corrected chi connectivity index (χ3v) is 6.86. The SMILES string of the molecule is CC(=O)NCCCc1ccc(-c2csc(NC(=O)C3(c4ccccc4)CCOCC3)n2)cc1. The van der Waals surface area contributed by atoms with E-state index in [0.717, 1.165) is 29.7 Å². The van der Waals surface area contributed by atoms with Crippen LogP contribution in [0.3, 0.4) is 0 Å². The number of aromatic nitrogens is 1. The molecule has 2 aromatic carbocycles. The van der Waals surface area contributed by atoms with Crippen LogP contribution < -0.4 is 10.6 Å². The molecule has 4 rings (SSSR count). The normalized spacial score (nSPS) is 15.1. The maximum Gasteiger partial charge on any atom is 0.236 e. The van der Waals surface area contributed by atoms with Gasteiger partial charge in [-0.1, -0.05) is 54.6 Å². The Morgan fingerprint density at radius 3 is 2.48 bits per heavy atom. The lowest BCUT2D eigenvalue weighted by atomic mass is 9.73. The molecule has 0 unspecified atom stereocenters. The number of nitrogens with zero attached hydrogens (tertiary/aromatic N) is 1. The second-order valence-corrected chi connectivity index (χ2v) is 9.19. The van der Waals surface area contributed by atoms with Crippen LogP contribution in [0.15, 0.2) is 60.0 Å². The molecule has 1 aromatic heterocycles. The van der Waals surface area contributed by atoms with Crippen LogP contribution in [-0.4, -0.2) is 36.6 Å². The number of thiazole rings is 1. The Kier molecular flexibility index (Phi) is 7.52. The third-order valence-electron chi connectivity index (χ3n) is 6.10. The van der Waals surface area contributed by atoms with Crippen molar-refractivity contribution in [1.82, 2.24) is 10.3 Å². The Morgan fingerprint density at radius 2 is 1.79 bits per heavy atom. The molecule has 0 radical (unpaired) electrons. The van der Waals surface area contributed by atoms with Crippen LogP contribution in [0.2, 0.25) is 0 Å². The lowest BCUT2D eigenvalue weighted by Crippen LogP contribution is -2.44. The predicted octanol–water partition coefficient (Wildman–Crippen LogP) is 4.57. The van der Waals surface area contributed by atoms with Gasteiger partial charge in [0.25, 0.3) is 0 Å². The molecule has 33 heavy (non-hydrogen) atoms. The molecule has 172 valence electrons. The molecule has 1 fully saturated rings. The minimum Gasteiger partial charge on any atom is -0.381 e. The van der Waals surface area contributed by atoms with E-state index in [9.17, 15) is 9.59 Å². The van der Waals surface area contributed by atoms with Crippen molar-refractivity contribution in [1.29, 1.82) is 0 Å². The van der Waals surface area contributed by atoms with Gasteiger partial charge in [0.1, 0.15) is 0 Å². The Balaban J connectivity index is 1.42. The van der Waals surface area contributed by atoms with Crippen molar-refractivity contribution >= 4 is 28.3 Å². The zero-order valence-electron chi connectivity index (χ0n) is 18.8. The van der Waals surface area contributed by atoms with E-state index in [4.69, 9.17) is 4.74 Å². The second kappa shape index (κ2) is 10.7. The first-order chi connectivity index (χ1) is 16.1. The molecule has 6 nitrogen and oxygen atoms in total. The van der Waals surface area contributed by atoms with E-state index in [-0.39, 0.29) is 11.8 Å². The summed E-state index contributed by atoms with van der Waals surface area (Å²) >= 11 is 1.44. The summed E-state index contributed by atoms with van der Waals surface area (Å²) in [5.74, 6) is -0.0179. The van der Waals surface area contributed by atoms with Crippen molar-refractivity contribution in [3.8, 4) is 11.3 Å². The zero-order chi connectivity index (χ0) is 23.1. The molecule has 1 aliphatic rings. The molecule has 0 spiro atoms. The fraction of sp³-hybridized carbons (Fsp3) is 0.346. The van der Waals surface area contributed by atoms with Crippen molar-refractivity contribution in [2.45, 2.75) is 38.0 Å². The van der Waals surface area contributed by atoms with Crippen molar-refractivity contribution in [2.75, 3.05) is 25.1 Å². The van der Waals surface area contributed by atoms with Gasteiger partial charge in [0.15, 0.2) is 5.13 Å². The number of ether oxygens (including phenoxy) is 1. The van der Waals surface area contributed by atoms with Gasteiger partial charge >= 0.3 is 0 Å². The molecule has 2 amide bonds. The van der Waals surface area contributed by atoms with Gasteiger partial charge in [-0.3, -0.25) is 9.59 Å². The van der Waals surface area contributed by atoms with E-state index in [0.29, 0.717) is 37.7 Å². The average molecular weight is 464 g/mol. The number of carbonyl (C=O) groups is 2. The van der Waals surface area contributed by atoms with Crippen LogP contribution in [-0.2, 0) is 26.2 Å². The molecule has 0 saturated carbocycles. The number of anilines is 1. The third kappa shape index (κ3) is 5.67. The van der Waals surface area contributed by atoms with E-state index in [1.54, 1.807) is 0 Å². The first kappa shape index (κ1) is 23.1. The standard InChI is InChI=1S/C26H29N3O3S/c1-19(30)27-15-5-6-20-9-11-21(12-10-20)23-18-33-25(28-23)29-24(31)26(13-16-32-17-14-26)22-7-3-2-4-8-22/h2-4,7-12,18H,5-6,13-17H2,1H3,(H,27,30)(H,28,29,31). The van der Waals surface area contributed by atoms with Crippen LogP contribution in [0, 0.1) is 0 Å². The van der Waals surface area contributed by atoms with Gasteiger partial charge in [0.05, 0.1) is 11.1 Å². The van der Waals surface area contributed by atoms with Crippen LogP contribution >= 0.6 is 11.3 Å². The fourth-order valence-electron chi connectivity index (χ4n) is 4.20. The Labute approximate surface area is 198 Å². The smallest absolute Gasteiger partial charge is 0.236 e. The van der Waals surface area contributed by atoms with Crippen LogP contribution in [0.25, 0.3) is 11.3 Å². The first-order valence-electron chi connectivity index (χ1n) is 11.3. The maximum absolute atomic E-state index is 13.4. The fourth-order valence-corrected chi connectivity index (χ4v) is 4.92. The molecule has 7 heteroatoms. The summed E-state index contributed by atoms with van der Waals surface area (Å²) in [6.07, 6.45) is 3.12. The van der Waals surface area contributed by atoms with Gasteiger partial charge in [-0.15, -0.1) is 11.3 Å². The quantitative estimate of drug-likeness (QED) is 0.480. The van der Waals surface area contributed by atoms with Crippen LogP contribution in [0.5, 0.6) is 0 Å². The summed E-state index contributed by atoms with van der Waals surface area (Å²) in [5.41, 5.74) is 3.51. The number of carbonyl (C=O) groups excluding carboxylic acids is 2. The summed E-state index contributed by atoms with van der Waals surface area (Å²) in [7, 11) is 0. The van der Waals surface area contributed by atoms with Gasteiger partial charge < -0.3 is 15.4 Å². The summed E-state index contributed by atoms with van der Waals surface area (Å²) in [6.45, 7) is 3.36. The highest BCUT2D eigenvalue weighted by atomic mass is 32.1. The second-order valence-electron chi connectivity index (χ2n) is 8.34. The molecule has 0 aliphatic carbocycles. The maximum atomic E-state index is 13.4. The molecule has 2 heterocycles. The predicted molar refractivity (Wildman–Crippen MR) is 131 cm³/mol. The molecule has 1 aliphatic heterocycles. The lowest BCUT2D eigenvalue weighted by molar-refractivity contribution is -0.125. The number of benzene rings is 2. The van der Waals surface area contributed by atoms with E-state index in [1.165, 1.54) is 23.8 Å². The summed E-state index contributed by atoms with van der Waals surface area (Å²) in [6, 6.07) is 18.3. The first-order valence-corrected chi connectivity index (χ1v) is 12.2. The van der Waals surface area contributed by atoms with Crippen LogP contribution in [0.4, 0.5) is 5.13 Å². The largest absolute Gasteiger partial charge is 0.381 e. The topological polar surface area (TPSA) is 80.3 Å². The molecular formula is C26H29N3O3S. The average Bonchev–Trinajstić information content (AvgIpc) is 3.31. The van der Waals surface area contributed by atoms with E-state index < -0.39 is 5.41 Å². The molecule has 3 aromatic rings. The number of hydrogen-bond acceptors (Lipinski definition) is 5. The Bertz CT molecular complexity index is 1070. The molecule has 0 bridgehead atoms. The Morgan fingerprint density at radius 1 is 1.06 bits per heavy atom. The van der Waals surface area contributed by atoms with Crippen molar-refractivity contribution in [3.05, 3.63) is 71.1 Å². The Hall–Kier alpha value is -3.03. The lowest BCUT2D eigenvalue weighted by Gasteiger charge is -2.35. The van der Waals surface area contributed by atoms with Gasteiger partial charge in [0.2, 0.25) is 11.8 Å². The van der Waals surface area contributed by atoms with Gasteiger partial charge in [-0.05, 0) is 36.8 Å². The highest BCUT2D eigenvalue weighted by Gasteiger charge is 2.41. The summed E-state index contributed by atoms with van der Waals surface area (Å²) in [5, 5.41) is 8.47. The monoisotopic (exact) mass is 463 g/mol. The molecule has 0 atom stereocenters. The number of amides is 2. The van der Waals surface area contributed by atoms with Crippen molar-refractivity contribution in [2.24, 2.45) is 0 Å². The van der Waals surface area contributed by atoms with Gasteiger partial charge in [0, 0.05) is 37.6 Å².